The summed E-state index contributed by atoms with van der Waals surface area (Å²) in [5, 5.41) is 4.12. The molecule has 2 heterocycles. The standard InChI is InChI=1S/C16H14N4O3/c1-22-8-11-7-15(20-16(19-11)17-9-18-20)23-12-3-4-13-10(6-12)2-5-14(13)21/h3-4,6-7,9H,2,5,8H2,1H3. The number of carbonyl (C=O) groups is 1. The van der Waals surface area contributed by atoms with E-state index in [1.165, 1.54) is 10.8 Å². The third-order valence-electron chi connectivity index (χ3n) is 3.79. The van der Waals surface area contributed by atoms with Crippen LogP contribution in [0.25, 0.3) is 5.78 Å². The van der Waals surface area contributed by atoms with Crippen LogP contribution in [0.3, 0.4) is 0 Å². The van der Waals surface area contributed by atoms with E-state index in [0.29, 0.717) is 36.1 Å². The minimum Gasteiger partial charge on any atom is -0.439 e. The van der Waals surface area contributed by atoms with Crippen molar-refractivity contribution in [1.82, 2.24) is 19.6 Å². The molecule has 0 bridgehead atoms. The van der Waals surface area contributed by atoms with Crippen molar-refractivity contribution < 1.29 is 14.3 Å². The van der Waals surface area contributed by atoms with Gasteiger partial charge in [-0.3, -0.25) is 4.79 Å². The van der Waals surface area contributed by atoms with Gasteiger partial charge in [0.1, 0.15) is 12.1 Å². The second-order valence-corrected chi connectivity index (χ2v) is 5.33. The average Bonchev–Trinajstić information content (AvgIpc) is 3.15. The molecule has 0 saturated heterocycles. The maximum absolute atomic E-state index is 11.7. The van der Waals surface area contributed by atoms with Crippen LogP contribution in [0.5, 0.6) is 11.6 Å². The Morgan fingerprint density at radius 3 is 3.04 bits per heavy atom. The summed E-state index contributed by atoms with van der Waals surface area (Å²) in [6.45, 7) is 0.360. The molecule has 23 heavy (non-hydrogen) atoms. The van der Waals surface area contributed by atoms with E-state index in [-0.39, 0.29) is 5.78 Å². The number of rotatable bonds is 4. The fourth-order valence-corrected chi connectivity index (χ4v) is 2.74. The van der Waals surface area contributed by atoms with Gasteiger partial charge in [-0.1, -0.05) is 0 Å². The molecule has 0 atom stereocenters. The van der Waals surface area contributed by atoms with Gasteiger partial charge in [0.25, 0.3) is 5.78 Å². The van der Waals surface area contributed by atoms with Gasteiger partial charge in [0.15, 0.2) is 5.78 Å². The second kappa shape index (κ2) is 5.44. The van der Waals surface area contributed by atoms with E-state index in [9.17, 15) is 4.79 Å². The zero-order valence-electron chi connectivity index (χ0n) is 12.5. The molecule has 1 aromatic carbocycles. The number of carbonyl (C=O) groups excluding carboxylic acids is 1. The zero-order chi connectivity index (χ0) is 15.8. The van der Waals surface area contributed by atoms with E-state index in [4.69, 9.17) is 9.47 Å². The topological polar surface area (TPSA) is 78.6 Å². The second-order valence-electron chi connectivity index (χ2n) is 5.33. The van der Waals surface area contributed by atoms with E-state index >= 15 is 0 Å². The van der Waals surface area contributed by atoms with Crippen LogP contribution in [0.4, 0.5) is 0 Å². The van der Waals surface area contributed by atoms with Gasteiger partial charge in [-0.2, -0.15) is 14.6 Å². The van der Waals surface area contributed by atoms with Crippen LogP contribution in [0, 0.1) is 0 Å². The molecule has 0 aliphatic heterocycles. The van der Waals surface area contributed by atoms with E-state index < -0.39 is 0 Å². The molecule has 7 heteroatoms. The number of benzene rings is 1. The van der Waals surface area contributed by atoms with Crippen molar-refractivity contribution in [1.29, 1.82) is 0 Å². The van der Waals surface area contributed by atoms with Gasteiger partial charge in [-0.25, -0.2) is 4.98 Å². The lowest BCUT2D eigenvalue weighted by Gasteiger charge is -2.09. The number of aromatic nitrogens is 4. The maximum atomic E-state index is 11.7. The summed E-state index contributed by atoms with van der Waals surface area (Å²) in [7, 11) is 1.60. The first-order chi connectivity index (χ1) is 11.2. The molecular weight excluding hydrogens is 296 g/mol. The quantitative estimate of drug-likeness (QED) is 0.735. The highest BCUT2D eigenvalue weighted by Crippen LogP contribution is 2.29. The Hall–Kier alpha value is -2.80. The average molecular weight is 310 g/mol. The normalized spacial score (nSPS) is 13.5. The Balaban J connectivity index is 1.72. The predicted octanol–water partition coefficient (Wildman–Crippen LogP) is 2.19. The molecule has 2 aromatic heterocycles. The van der Waals surface area contributed by atoms with Crippen molar-refractivity contribution in [3.05, 3.63) is 47.4 Å². The number of methoxy groups -OCH3 is 1. The van der Waals surface area contributed by atoms with Crippen molar-refractivity contribution in [3.8, 4) is 11.6 Å². The lowest BCUT2D eigenvalue weighted by atomic mass is 10.1. The minimum absolute atomic E-state index is 0.191. The molecule has 116 valence electrons. The summed E-state index contributed by atoms with van der Waals surface area (Å²) in [6.07, 6.45) is 2.75. The molecule has 1 aliphatic carbocycles. The summed E-state index contributed by atoms with van der Waals surface area (Å²) in [4.78, 5) is 20.1. The van der Waals surface area contributed by atoms with E-state index in [2.05, 4.69) is 15.1 Å². The summed E-state index contributed by atoms with van der Waals surface area (Å²) in [6, 6.07) is 7.28. The lowest BCUT2D eigenvalue weighted by molar-refractivity contribution is 0.0994. The van der Waals surface area contributed by atoms with Gasteiger partial charge in [0.2, 0.25) is 5.88 Å². The molecule has 0 radical (unpaired) electrons. The van der Waals surface area contributed by atoms with Gasteiger partial charge >= 0.3 is 0 Å². The highest BCUT2D eigenvalue weighted by atomic mass is 16.5. The van der Waals surface area contributed by atoms with Crippen molar-refractivity contribution in [2.75, 3.05) is 7.11 Å². The van der Waals surface area contributed by atoms with Crippen molar-refractivity contribution in [3.63, 3.8) is 0 Å². The molecule has 0 unspecified atom stereocenters. The highest BCUT2D eigenvalue weighted by Gasteiger charge is 2.20. The van der Waals surface area contributed by atoms with E-state index in [0.717, 1.165) is 17.5 Å². The van der Waals surface area contributed by atoms with Crippen molar-refractivity contribution in [2.45, 2.75) is 19.4 Å². The lowest BCUT2D eigenvalue weighted by Crippen LogP contribution is -2.02. The molecule has 3 aromatic rings. The number of hydrogen-bond acceptors (Lipinski definition) is 6. The summed E-state index contributed by atoms with van der Waals surface area (Å²) in [5.74, 6) is 1.80. The Labute approximate surface area is 131 Å². The fraction of sp³-hybridized carbons (Fsp3) is 0.250. The van der Waals surface area contributed by atoms with Crippen LogP contribution >= 0.6 is 0 Å². The van der Waals surface area contributed by atoms with Crippen molar-refractivity contribution in [2.24, 2.45) is 0 Å². The smallest absolute Gasteiger partial charge is 0.255 e. The Morgan fingerprint density at radius 2 is 2.17 bits per heavy atom. The van der Waals surface area contributed by atoms with Crippen LogP contribution in [-0.2, 0) is 17.8 Å². The summed E-state index contributed by atoms with van der Waals surface area (Å²) < 4.78 is 12.6. The SMILES string of the molecule is COCc1cc(Oc2ccc3c(c2)CCC3=O)n2ncnc2n1. The molecule has 0 spiro atoms. The molecule has 1 aliphatic rings. The zero-order valence-corrected chi connectivity index (χ0v) is 12.5. The first-order valence-corrected chi connectivity index (χ1v) is 7.27. The number of fused-ring (bicyclic) bond motifs is 2. The molecular formula is C16H14N4O3. The Kier molecular flexibility index (Phi) is 3.27. The number of ketones is 1. The third-order valence-corrected chi connectivity index (χ3v) is 3.79. The Morgan fingerprint density at radius 1 is 1.26 bits per heavy atom. The van der Waals surface area contributed by atoms with Gasteiger partial charge in [-0.05, 0) is 30.2 Å². The van der Waals surface area contributed by atoms with E-state index in [1.54, 1.807) is 19.2 Å². The molecule has 4 rings (SSSR count). The van der Waals surface area contributed by atoms with Gasteiger partial charge < -0.3 is 9.47 Å². The van der Waals surface area contributed by atoms with Crippen LogP contribution in [0.1, 0.15) is 28.0 Å². The summed E-state index contributed by atoms with van der Waals surface area (Å²) in [5.41, 5.74) is 2.52. The third kappa shape index (κ3) is 2.44. The fourth-order valence-electron chi connectivity index (χ4n) is 2.74. The number of aryl methyl sites for hydroxylation is 1. The van der Waals surface area contributed by atoms with Gasteiger partial charge in [-0.15, -0.1) is 0 Å². The highest BCUT2D eigenvalue weighted by molar-refractivity contribution is 6.00. The van der Waals surface area contributed by atoms with Crippen LogP contribution < -0.4 is 4.74 Å². The number of nitrogens with zero attached hydrogens (tertiary/aromatic N) is 4. The maximum Gasteiger partial charge on any atom is 0.255 e. The number of Topliss-reactive ketones (excluding diaryl/α,β-unsaturated/α-hetero) is 1. The molecule has 7 nitrogen and oxygen atoms in total. The predicted molar refractivity (Wildman–Crippen MR) is 80.7 cm³/mol. The molecule has 0 saturated carbocycles. The molecule has 0 amide bonds. The first kappa shape index (κ1) is 13.8. The Bertz CT molecular complexity index is 903. The van der Waals surface area contributed by atoms with Crippen LogP contribution in [0.15, 0.2) is 30.6 Å². The van der Waals surface area contributed by atoms with Crippen LogP contribution in [-0.4, -0.2) is 32.5 Å². The van der Waals surface area contributed by atoms with Crippen LogP contribution in [0.2, 0.25) is 0 Å². The molecule has 0 fully saturated rings. The summed E-state index contributed by atoms with van der Waals surface area (Å²) >= 11 is 0. The number of hydrogen-bond donors (Lipinski definition) is 0. The largest absolute Gasteiger partial charge is 0.439 e. The number of ether oxygens (including phenoxy) is 2. The van der Waals surface area contributed by atoms with E-state index in [1.807, 2.05) is 12.1 Å². The molecule has 0 N–H and O–H groups in total. The van der Waals surface area contributed by atoms with Gasteiger partial charge in [0.05, 0.1) is 12.3 Å². The minimum atomic E-state index is 0.191. The van der Waals surface area contributed by atoms with Crippen molar-refractivity contribution >= 4 is 11.6 Å². The first-order valence-electron chi connectivity index (χ1n) is 7.27. The monoisotopic (exact) mass is 310 g/mol. The van der Waals surface area contributed by atoms with Gasteiger partial charge in [0, 0.05) is 25.2 Å².